The van der Waals surface area contributed by atoms with Gasteiger partial charge in [0.05, 0.1) is 12.6 Å². The van der Waals surface area contributed by atoms with Gasteiger partial charge in [-0.05, 0) is 25.2 Å². The molecule has 1 unspecified atom stereocenters. The van der Waals surface area contributed by atoms with Gasteiger partial charge in [-0.25, -0.2) is 4.79 Å². The van der Waals surface area contributed by atoms with Gasteiger partial charge in [0.15, 0.2) is 0 Å². The smallest absolute Gasteiger partial charge is 0.407 e. The maximum absolute atomic E-state index is 12.0. The predicted molar refractivity (Wildman–Crippen MR) is 101 cm³/mol. The number of hydrogen-bond donors (Lipinski definition) is 2. The quantitative estimate of drug-likeness (QED) is 0.762. The zero-order chi connectivity index (χ0) is 18.8. The highest BCUT2D eigenvalue weighted by molar-refractivity contribution is 5.82. The van der Waals surface area contributed by atoms with Crippen LogP contribution < -0.4 is 10.6 Å². The number of amides is 2. The Balaban J connectivity index is 1.71. The van der Waals surface area contributed by atoms with Crippen molar-refractivity contribution < 1.29 is 14.3 Å². The molecule has 0 saturated heterocycles. The number of nitrogens with one attached hydrogen (secondary N) is 2. The largest absolute Gasteiger partial charge is 0.445 e. The topological polar surface area (TPSA) is 70.7 Å². The van der Waals surface area contributed by atoms with Crippen LogP contribution in [-0.2, 0) is 16.1 Å². The maximum atomic E-state index is 12.0. The second-order valence-electron chi connectivity index (χ2n) is 6.11. The first-order valence-corrected chi connectivity index (χ1v) is 8.49. The van der Waals surface area contributed by atoms with E-state index in [1.165, 1.54) is 0 Å². The molecule has 0 saturated carbocycles. The van der Waals surface area contributed by atoms with E-state index in [9.17, 15) is 9.59 Å². The lowest BCUT2D eigenvalue weighted by Gasteiger charge is -2.25. The van der Waals surface area contributed by atoms with E-state index in [2.05, 4.69) is 10.6 Å². The summed E-state index contributed by atoms with van der Waals surface area (Å²) in [4.78, 5) is 25.7. The molecule has 6 heteroatoms. The van der Waals surface area contributed by atoms with Crippen LogP contribution in [0.1, 0.15) is 17.2 Å². The van der Waals surface area contributed by atoms with Crippen LogP contribution in [0.15, 0.2) is 60.7 Å². The second kappa shape index (κ2) is 10.2. The van der Waals surface area contributed by atoms with Crippen LogP contribution in [0.25, 0.3) is 0 Å². The molecule has 138 valence electrons. The van der Waals surface area contributed by atoms with Crippen molar-refractivity contribution in [2.75, 3.05) is 27.2 Å². The Bertz CT molecular complexity index is 690. The van der Waals surface area contributed by atoms with E-state index < -0.39 is 6.09 Å². The molecule has 0 aliphatic heterocycles. The van der Waals surface area contributed by atoms with E-state index >= 15 is 0 Å². The van der Waals surface area contributed by atoms with Gasteiger partial charge in [0.1, 0.15) is 6.61 Å². The van der Waals surface area contributed by atoms with Crippen molar-refractivity contribution in [3.05, 3.63) is 71.8 Å². The minimum absolute atomic E-state index is 0.0604. The molecule has 0 aliphatic carbocycles. The molecular weight excluding hydrogens is 330 g/mol. The summed E-state index contributed by atoms with van der Waals surface area (Å²) in [6.07, 6.45) is -0.615. The van der Waals surface area contributed by atoms with Gasteiger partial charge in [-0.3, -0.25) is 4.79 Å². The fraction of sp³-hybridized carbons (Fsp3) is 0.300. The van der Waals surface area contributed by atoms with Gasteiger partial charge in [-0.1, -0.05) is 60.7 Å². The third-order valence-corrected chi connectivity index (χ3v) is 3.91. The molecule has 2 N–H and O–H groups in total. The lowest BCUT2D eigenvalue weighted by molar-refractivity contribution is -0.120. The molecule has 0 fully saturated rings. The van der Waals surface area contributed by atoms with Crippen molar-refractivity contribution in [1.29, 1.82) is 0 Å². The van der Waals surface area contributed by atoms with Crippen LogP contribution in [0.3, 0.4) is 0 Å². The lowest BCUT2D eigenvalue weighted by atomic mass is 10.1. The first-order valence-electron chi connectivity index (χ1n) is 8.49. The Kier molecular flexibility index (Phi) is 7.64. The third-order valence-electron chi connectivity index (χ3n) is 3.91. The summed E-state index contributed by atoms with van der Waals surface area (Å²) in [5, 5.41) is 5.30. The fourth-order valence-electron chi connectivity index (χ4n) is 2.47. The number of hydrogen-bond acceptors (Lipinski definition) is 4. The van der Waals surface area contributed by atoms with Gasteiger partial charge in [0.25, 0.3) is 0 Å². The van der Waals surface area contributed by atoms with Crippen molar-refractivity contribution in [2.24, 2.45) is 0 Å². The van der Waals surface area contributed by atoms with Gasteiger partial charge >= 0.3 is 6.09 Å². The molecule has 2 aromatic carbocycles. The molecule has 2 aromatic rings. The minimum Gasteiger partial charge on any atom is -0.445 e. The highest BCUT2D eigenvalue weighted by Crippen LogP contribution is 2.16. The molecule has 26 heavy (non-hydrogen) atoms. The minimum atomic E-state index is -0.615. The van der Waals surface area contributed by atoms with E-state index in [1.807, 2.05) is 79.7 Å². The molecule has 0 bridgehead atoms. The van der Waals surface area contributed by atoms with Crippen LogP contribution in [0.5, 0.6) is 0 Å². The first-order chi connectivity index (χ1) is 12.6. The van der Waals surface area contributed by atoms with E-state index in [-0.39, 0.29) is 25.1 Å². The lowest BCUT2D eigenvalue weighted by Crippen LogP contribution is -2.40. The Morgan fingerprint density at radius 1 is 0.962 bits per heavy atom. The number of rotatable bonds is 8. The van der Waals surface area contributed by atoms with Crippen LogP contribution in [-0.4, -0.2) is 44.1 Å². The van der Waals surface area contributed by atoms with Gasteiger partial charge in [-0.2, -0.15) is 0 Å². The van der Waals surface area contributed by atoms with Crippen LogP contribution in [0.2, 0.25) is 0 Å². The summed E-state index contributed by atoms with van der Waals surface area (Å²) in [6, 6.07) is 19.4. The molecular formula is C20H25N3O3. The summed E-state index contributed by atoms with van der Waals surface area (Å²) in [7, 11) is 3.92. The van der Waals surface area contributed by atoms with Crippen molar-refractivity contribution in [1.82, 2.24) is 15.5 Å². The van der Waals surface area contributed by atoms with Crippen LogP contribution >= 0.6 is 0 Å². The Morgan fingerprint density at radius 2 is 1.58 bits per heavy atom. The molecule has 2 amide bonds. The number of ether oxygens (including phenoxy) is 1. The standard InChI is InChI=1S/C20H25N3O3/c1-23(2)18(17-11-7-4-8-12-17)13-21-19(24)14-22-20(25)26-15-16-9-5-3-6-10-16/h3-12,18H,13-15H2,1-2H3,(H,21,24)(H,22,25). The Labute approximate surface area is 154 Å². The number of likely N-dealkylation sites (N-methyl/N-ethyl adjacent to an activating group) is 1. The monoisotopic (exact) mass is 355 g/mol. The second-order valence-corrected chi connectivity index (χ2v) is 6.11. The van der Waals surface area contributed by atoms with E-state index in [0.29, 0.717) is 6.54 Å². The zero-order valence-corrected chi connectivity index (χ0v) is 15.1. The molecule has 0 heterocycles. The van der Waals surface area contributed by atoms with Gasteiger partial charge in [0, 0.05) is 6.54 Å². The number of nitrogens with zero attached hydrogens (tertiary/aromatic N) is 1. The molecule has 1 atom stereocenters. The first kappa shape index (κ1) is 19.5. The molecule has 0 radical (unpaired) electrons. The van der Waals surface area contributed by atoms with Gasteiger partial charge in [-0.15, -0.1) is 0 Å². The SMILES string of the molecule is CN(C)C(CNC(=O)CNC(=O)OCc1ccccc1)c1ccccc1. The summed E-state index contributed by atoms with van der Waals surface area (Å²) >= 11 is 0. The molecule has 6 nitrogen and oxygen atoms in total. The van der Waals surface area contributed by atoms with E-state index in [0.717, 1.165) is 11.1 Å². The maximum Gasteiger partial charge on any atom is 0.407 e. The van der Waals surface area contributed by atoms with E-state index in [4.69, 9.17) is 4.74 Å². The number of carbonyl (C=O) groups is 2. The number of carbonyl (C=O) groups excluding carboxylic acids is 2. The van der Waals surface area contributed by atoms with Crippen molar-refractivity contribution >= 4 is 12.0 Å². The van der Waals surface area contributed by atoms with Crippen LogP contribution in [0, 0.1) is 0 Å². The molecule has 2 rings (SSSR count). The zero-order valence-electron chi connectivity index (χ0n) is 15.1. The Morgan fingerprint density at radius 3 is 2.19 bits per heavy atom. The summed E-state index contributed by atoms with van der Waals surface area (Å²) in [6.45, 7) is 0.504. The third kappa shape index (κ3) is 6.57. The summed E-state index contributed by atoms with van der Waals surface area (Å²) in [5.74, 6) is -0.260. The molecule has 0 aliphatic rings. The predicted octanol–water partition coefficient (Wildman–Crippen LogP) is 2.33. The molecule has 0 aromatic heterocycles. The van der Waals surface area contributed by atoms with Gasteiger partial charge < -0.3 is 20.3 Å². The van der Waals surface area contributed by atoms with Crippen molar-refractivity contribution in [3.63, 3.8) is 0 Å². The van der Waals surface area contributed by atoms with E-state index in [1.54, 1.807) is 0 Å². The average molecular weight is 355 g/mol. The highest BCUT2D eigenvalue weighted by atomic mass is 16.5. The normalized spacial score (nSPS) is 11.7. The van der Waals surface area contributed by atoms with Crippen molar-refractivity contribution in [2.45, 2.75) is 12.6 Å². The molecule has 0 spiro atoms. The number of alkyl carbamates (subject to hydrolysis) is 1. The average Bonchev–Trinajstić information content (AvgIpc) is 2.66. The summed E-state index contributed by atoms with van der Waals surface area (Å²) < 4.78 is 5.07. The van der Waals surface area contributed by atoms with Gasteiger partial charge in [0.2, 0.25) is 5.91 Å². The van der Waals surface area contributed by atoms with Crippen molar-refractivity contribution in [3.8, 4) is 0 Å². The fourth-order valence-corrected chi connectivity index (χ4v) is 2.47. The summed E-state index contributed by atoms with van der Waals surface area (Å²) in [5.41, 5.74) is 2.01. The Hall–Kier alpha value is -2.86. The number of benzene rings is 2. The highest BCUT2D eigenvalue weighted by Gasteiger charge is 2.15. The van der Waals surface area contributed by atoms with Crippen LogP contribution in [0.4, 0.5) is 4.79 Å².